The first kappa shape index (κ1) is 28.1. The van der Waals surface area contributed by atoms with Gasteiger partial charge in [-0.05, 0) is 69.8 Å². The lowest BCUT2D eigenvalue weighted by Crippen LogP contribution is -2.31. The van der Waals surface area contributed by atoms with Crippen molar-refractivity contribution in [3.63, 3.8) is 0 Å². The molecule has 0 heterocycles. The number of carbonyl (C=O) groups is 2. The topological polar surface area (TPSA) is 52.6 Å². The maximum absolute atomic E-state index is 13.2. The second-order valence-corrected chi connectivity index (χ2v) is 11.5. The lowest BCUT2D eigenvalue weighted by molar-refractivity contribution is -0.130. The highest BCUT2D eigenvalue weighted by atomic mass is 16.5. The fourth-order valence-corrected chi connectivity index (χ4v) is 6.72. The van der Waals surface area contributed by atoms with Crippen LogP contribution in [0.1, 0.15) is 36.1 Å². The van der Waals surface area contributed by atoms with Gasteiger partial charge >= 0.3 is 11.9 Å². The van der Waals surface area contributed by atoms with Crippen molar-refractivity contribution >= 4 is 33.5 Å². The van der Waals surface area contributed by atoms with Crippen LogP contribution in [0.15, 0.2) is 146 Å². The van der Waals surface area contributed by atoms with Crippen LogP contribution in [0, 0.1) is 0 Å². The molecular formula is C41H30O4. The van der Waals surface area contributed by atoms with E-state index in [9.17, 15) is 9.59 Å². The van der Waals surface area contributed by atoms with Crippen LogP contribution in [-0.4, -0.2) is 11.9 Å². The Labute approximate surface area is 261 Å². The molecule has 1 aliphatic rings. The normalized spacial score (nSPS) is 12.8. The Morgan fingerprint density at radius 3 is 1.31 bits per heavy atom. The fraction of sp³-hybridized carbons (Fsp3) is 0.0732. The van der Waals surface area contributed by atoms with Gasteiger partial charge in [0.2, 0.25) is 0 Å². The molecule has 4 heteroatoms. The van der Waals surface area contributed by atoms with Crippen LogP contribution in [0.5, 0.6) is 11.5 Å². The Morgan fingerprint density at radius 2 is 0.889 bits per heavy atom. The summed E-state index contributed by atoms with van der Waals surface area (Å²) < 4.78 is 12.4. The molecule has 0 saturated heterocycles. The van der Waals surface area contributed by atoms with E-state index in [-0.39, 0.29) is 11.1 Å². The number of hydrogen-bond acceptors (Lipinski definition) is 4. The van der Waals surface area contributed by atoms with E-state index in [2.05, 4.69) is 61.7 Å². The van der Waals surface area contributed by atoms with Crippen LogP contribution in [0.2, 0.25) is 0 Å². The Hall–Kier alpha value is -5.74. The van der Waals surface area contributed by atoms with Gasteiger partial charge in [-0.25, -0.2) is 9.59 Å². The largest absolute Gasteiger partial charge is 0.423 e. The summed E-state index contributed by atoms with van der Waals surface area (Å²) in [5, 5.41) is 3.76. The van der Waals surface area contributed by atoms with Gasteiger partial charge in [-0.1, -0.05) is 122 Å². The van der Waals surface area contributed by atoms with Gasteiger partial charge < -0.3 is 9.47 Å². The predicted molar refractivity (Wildman–Crippen MR) is 180 cm³/mol. The number of fused-ring (bicyclic) bond motifs is 5. The van der Waals surface area contributed by atoms with Gasteiger partial charge in [0.15, 0.2) is 0 Å². The van der Waals surface area contributed by atoms with E-state index < -0.39 is 17.4 Å². The Bertz CT molecular complexity index is 2060. The minimum atomic E-state index is -1.08. The van der Waals surface area contributed by atoms with E-state index in [4.69, 9.17) is 9.47 Å². The number of hydrogen-bond donors (Lipinski definition) is 0. The summed E-state index contributed by atoms with van der Waals surface area (Å²) >= 11 is 0. The predicted octanol–water partition coefficient (Wildman–Crippen LogP) is 9.32. The van der Waals surface area contributed by atoms with Gasteiger partial charge in [0.05, 0.1) is 5.41 Å². The van der Waals surface area contributed by atoms with Crippen molar-refractivity contribution in [2.75, 3.05) is 0 Å². The van der Waals surface area contributed by atoms with Gasteiger partial charge in [0.1, 0.15) is 11.5 Å². The SMILES string of the molecule is C=C(C)C(=O)Oc1ccc2ccccc2c1C1(c2c(OC(=O)C(=C)C)ccc3ccccc23)c2ccccc2-c2ccccc21. The highest BCUT2D eigenvalue weighted by molar-refractivity contribution is 6.02. The van der Waals surface area contributed by atoms with E-state index in [0.29, 0.717) is 11.5 Å². The van der Waals surface area contributed by atoms with Gasteiger partial charge in [-0.3, -0.25) is 0 Å². The fourth-order valence-electron chi connectivity index (χ4n) is 6.72. The summed E-state index contributed by atoms with van der Waals surface area (Å²) in [5.41, 5.74) is 5.11. The lowest BCUT2D eigenvalue weighted by Gasteiger charge is -2.37. The minimum Gasteiger partial charge on any atom is -0.423 e. The van der Waals surface area contributed by atoms with Gasteiger partial charge in [0.25, 0.3) is 0 Å². The van der Waals surface area contributed by atoms with Crippen molar-refractivity contribution in [3.8, 4) is 22.6 Å². The summed E-state index contributed by atoms with van der Waals surface area (Å²) in [5.74, 6) is -0.238. The molecular weight excluding hydrogens is 556 g/mol. The molecule has 0 bridgehead atoms. The molecule has 0 fully saturated rings. The summed E-state index contributed by atoms with van der Waals surface area (Å²) in [7, 11) is 0. The van der Waals surface area contributed by atoms with Crippen molar-refractivity contribution in [2.24, 2.45) is 0 Å². The molecule has 6 aromatic carbocycles. The van der Waals surface area contributed by atoms with Crippen molar-refractivity contribution in [2.45, 2.75) is 19.3 Å². The van der Waals surface area contributed by atoms with E-state index >= 15 is 0 Å². The molecule has 0 unspecified atom stereocenters. The molecule has 0 spiro atoms. The van der Waals surface area contributed by atoms with E-state index in [1.165, 1.54) is 0 Å². The Balaban J connectivity index is 1.76. The molecule has 4 nitrogen and oxygen atoms in total. The summed E-state index contributed by atoms with van der Waals surface area (Å²) in [6, 6.07) is 40.4. The molecule has 0 atom stereocenters. The molecule has 0 saturated carbocycles. The van der Waals surface area contributed by atoms with Gasteiger partial charge in [-0.15, -0.1) is 0 Å². The Morgan fingerprint density at radius 1 is 0.511 bits per heavy atom. The summed E-state index contributed by atoms with van der Waals surface area (Å²) in [4.78, 5) is 26.5. The first-order chi connectivity index (χ1) is 21.8. The molecule has 45 heavy (non-hydrogen) atoms. The van der Waals surface area contributed by atoms with E-state index in [1.54, 1.807) is 13.8 Å². The molecule has 218 valence electrons. The number of ether oxygens (including phenoxy) is 2. The van der Waals surface area contributed by atoms with Crippen LogP contribution in [0.4, 0.5) is 0 Å². The van der Waals surface area contributed by atoms with Crippen molar-refractivity contribution in [1.29, 1.82) is 0 Å². The maximum atomic E-state index is 13.2. The third kappa shape index (κ3) is 4.29. The van der Waals surface area contributed by atoms with Gasteiger partial charge in [-0.2, -0.15) is 0 Å². The zero-order valence-corrected chi connectivity index (χ0v) is 25.1. The zero-order valence-electron chi connectivity index (χ0n) is 25.1. The molecule has 0 aliphatic heterocycles. The summed E-state index contributed by atoms with van der Waals surface area (Å²) in [6.45, 7) is 11.0. The Kier molecular flexibility index (Phi) is 6.71. The van der Waals surface area contributed by atoms with Crippen LogP contribution in [-0.2, 0) is 15.0 Å². The van der Waals surface area contributed by atoms with Crippen LogP contribution in [0.3, 0.4) is 0 Å². The van der Waals surface area contributed by atoms with Crippen molar-refractivity contribution in [3.05, 3.63) is 168 Å². The first-order valence-corrected chi connectivity index (χ1v) is 14.8. The van der Waals surface area contributed by atoms with Crippen LogP contribution < -0.4 is 9.47 Å². The number of rotatable bonds is 6. The van der Waals surface area contributed by atoms with Crippen LogP contribution >= 0.6 is 0 Å². The maximum Gasteiger partial charge on any atom is 0.338 e. The molecule has 0 N–H and O–H groups in total. The minimum absolute atomic E-state index is 0.289. The zero-order chi connectivity index (χ0) is 31.3. The second kappa shape index (κ2) is 10.8. The average molecular weight is 587 g/mol. The standard InChI is InChI=1S/C41H30O4/c1-25(2)39(42)44-35-23-21-27-13-5-7-15-29(27)37(35)41(33-19-11-9-17-31(33)32-18-10-12-20-34(32)41)38-30-16-8-6-14-28(30)22-24-36(38)45-40(43)26(3)4/h5-24H,1,3H2,2,4H3. The molecule has 0 amide bonds. The lowest BCUT2D eigenvalue weighted by atomic mass is 9.64. The summed E-state index contributed by atoms with van der Waals surface area (Å²) in [6.07, 6.45) is 0. The molecule has 1 aliphatic carbocycles. The highest BCUT2D eigenvalue weighted by Crippen LogP contribution is 2.62. The molecule has 0 radical (unpaired) electrons. The third-order valence-corrected chi connectivity index (χ3v) is 8.59. The van der Waals surface area contributed by atoms with Crippen molar-refractivity contribution < 1.29 is 19.1 Å². The second-order valence-electron chi connectivity index (χ2n) is 11.5. The van der Waals surface area contributed by atoms with Crippen LogP contribution in [0.25, 0.3) is 32.7 Å². The van der Waals surface area contributed by atoms with Crippen molar-refractivity contribution in [1.82, 2.24) is 0 Å². The number of esters is 2. The molecule has 6 aromatic rings. The molecule has 0 aromatic heterocycles. The number of carbonyl (C=O) groups excluding carboxylic acids is 2. The third-order valence-electron chi connectivity index (χ3n) is 8.59. The average Bonchev–Trinajstić information content (AvgIpc) is 3.35. The highest BCUT2D eigenvalue weighted by Gasteiger charge is 2.51. The molecule has 7 rings (SSSR count). The van der Waals surface area contributed by atoms with E-state index in [1.807, 2.05) is 72.8 Å². The first-order valence-electron chi connectivity index (χ1n) is 14.8. The number of benzene rings is 6. The van der Waals surface area contributed by atoms with Gasteiger partial charge in [0, 0.05) is 22.3 Å². The van der Waals surface area contributed by atoms with E-state index in [0.717, 1.165) is 54.9 Å². The quantitative estimate of drug-likeness (QED) is 0.111. The monoisotopic (exact) mass is 586 g/mol. The smallest absolute Gasteiger partial charge is 0.338 e.